The number of rotatable bonds is 3. The fourth-order valence-corrected chi connectivity index (χ4v) is 1.27. The van der Waals surface area contributed by atoms with Gasteiger partial charge in [-0.05, 0) is 12.1 Å². The standard InChI is InChI=1S/C9H7N.C4H6O5/c1-2-6-9-8(4-1)5-3-7-10-9;5-2(4(8)9)1-3(6)7/h1-7H;2,5H,1H2,(H,6,7)(H,8,9). The number of fused-ring (bicyclic) bond motifs is 1. The van der Waals surface area contributed by atoms with Crippen molar-refractivity contribution in [3.8, 4) is 0 Å². The fraction of sp³-hybridized carbons (Fsp3) is 0.154. The van der Waals surface area contributed by atoms with Crippen LogP contribution in [-0.4, -0.2) is 38.3 Å². The second-order valence-electron chi connectivity index (χ2n) is 3.65. The Morgan fingerprint density at radius 1 is 1.11 bits per heavy atom. The number of carboxylic acids is 2. The minimum Gasteiger partial charge on any atom is -0.481 e. The van der Waals surface area contributed by atoms with E-state index in [9.17, 15) is 9.59 Å². The normalized spacial score (nSPS) is 11.2. The smallest absolute Gasteiger partial charge is 0.333 e. The number of benzene rings is 1. The highest BCUT2D eigenvalue weighted by Gasteiger charge is 2.16. The van der Waals surface area contributed by atoms with Crippen LogP contribution in [0.15, 0.2) is 42.6 Å². The van der Waals surface area contributed by atoms with Gasteiger partial charge in [0.1, 0.15) is 0 Å². The Kier molecular flexibility index (Phi) is 5.43. The lowest BCUT2D eigenvalue weighted by Crippen LogP contribution is -2.22. The Balaban J connectivity index is 0.000000192. The molecule has 3 N–H and O–H groups in total. The predicted molar refractivity (Wildman–Crippen MR) is 67.6 cm³/mol. The van der Waals surface area contributed by atoms with Crippen molar-refractivity contribution in [2.75, 3.05) is 0 Å². The van der Waals surface area contributed by atoms with Crippen LogP contribution in [0.5, 0.6) is 0 Å². The molecule has 0 aliphatic heterocycles. The van der Waals surface area contributed by atoms with E-state index in [0.29, 0.717) is 0 Å². The Morgan fingerprint density at radius 2 is 1.74 bits per heavy atom. The van der Waals surface area contributed by atoms with Crippen molar-refractivity contribution in [1.29, 1.82) is 0 Å². The van der Waals surface area contributed by atoms with Crippen molar-refractivity contribution >= 4 is 22.8 Å². The summed E-state index contributed by atoms with van der Waals surface area (Å²) in [6.45, 7) is 0. The Hall–Kier alpha value is -2.47. The summed E-state index contributed by atoms with van der Waals surface area (Å²) in [6.07, 6.45) is -0.736. The number of carboxylic acid groups (broad SMARTS) is 2. The summed E-state index contributed by atoms with van der Waals surface area (Å²) in [4.78, 5) is 23.6. The van der Waals surface area contributed by atoms with E-state index in [0.717, 1.165) is 5.52 Å². The predicted octanol–water partition coefficient (Wildman–Crippen LogP) is 1.14. The van der Waals surface area contributed by atoms with E-state index in [1.54, 1.807) is 0 Å². The monoisotopic (exact) mass is 263 g/mol. The van der Waals surface area contributed by atoms with E-state index in [1.807, 2.05) is 30.5 Å². The van der Waals surface area contributed by atoms with Crippen molar-refractivity contribution in [3.05, 3.63) is 42.6 Å². The maximum Gasteiger partial charge on any atom is 0.333 e. The second kappa shape index (κ2) is 7.07. The van der Waals surface area contributed by atoms with Gasteiger partial charge >= 0.3 is 11.9 Å². The van der Waals surface area contributed by atoms with Gasteiger partial charge in [0.25, 0.3) is 0 Å². The number of para-hydroxylation sites is 1. The van der Waals surface area contributed by atoms with Crippen LogP contribution < -0.4 is 0 Å². The van der Waals surface area contributed by atoms with Crippen LogP contribution in [0, 0.1) is 0 Å². The quantitative estimate of drug-likeness (QED) is 0.766. The van der Waals surface area contributed by atoms with Crippen LogP contribution in [-0.2, 0) is 9.59 Å². The Morgan fingerprint density at radius 3 is 2.26 bits per heavy atom. The molecule has 0 amide bonds. The molecule has 6 heteroatoms. The van der Waals surface area contributed by atoms with Crippen LogP contribution in [0.3, 0.4) is 0 Å². The first kappa shape index (κ1) is 14.6. The second-order valence-corrected chi connectivity index (χ2v) is 3.65. The number of pyridine rings is 1. The first-order chi connectivity index (χ1) is 9.00. The molecule has 0 saturated carbocycles. The molecule has 2 rings (SSSR count). The molecule has 0 saturated heterocycles. The molecule has 0 bridgehead atoms. The zero-order chi connectivity index (χ0) is 14.3. The van der Waals surface area contributed by atoms with E-state index in [4.69, 9.17) is 15.3 Å². The summed E-state index contributed by atoms with van der Waals surface area (Å²) < 4.78 is 0. The highest BCUT2D eigenvalue weighted by atomic mass is 16.4. The molecule has 0 aliphatic rings. The molecule has 1 aromatic carbocycles. The molecular weight excluding hydrogens is 250 g/mol. The topological polar surface area (TPSA) is 108 Å². The molecule has 0 spiro atoms. The molecule has 0 fully saturated rings. The molecule has 19 heavy (non-hydrogen) atoms. The molecule has 1 aromatic heterocycles. The first-order valence-electron chi connectivity index (χ1n) is 5.43. The largest absolute Gasteiger partial charge is 0.481 e. The van der Waals surface area contributed by atoms with Gasteiger partial charge in [0.05, 0.1) is 11.9 Å². The molecule has 1 unspecified atom stereocenters. The van der Waals surface area contributed by atoms with Gasteiger partial charge in [-0.3, -0.25) is 9.78 Å². The number of aliphatic hydroxyl groups is 1. The van der Waals surface area contributed by atoms with Gasteiger partial charge in [0.2, 0.25) is 0 Å². The molecule has 6 nitrogen and oxygen atoms in total. The van der Waals surface area contributed by atoms with Gasteiger partial charge in [0, 0.05) is 11.6 Å². The third-order valence-corrected chi connectivity index (χ3v) is 2.17. The molecule has 1 heterocycles. The van der Waals surface area contributed by atoms with Gasteiger partial charge in [-0.1, -0.05) is 24.3 Å². The lowest BCUT2D eigenvalue weighted by molar-refractivity contribution is -0.152. The lowest BCUT2D eigenvalue weighted by Gasteiger charge is -1.97. The SMILES string of the molecule is O=C(O)CC(O)C(=O)O.c1ccc2ncccc2c1. The van der Waals surface area contributed by atoms with E-state index < -0.39 is 24.5 Å². The number of hydrogen-bond acceptors (Lipinski definition) is 4. The maximum absolute atomic E-state index is 9.72. The highest BCUT2D eigenvalue weighted by molar-refractivity contribution is 5.79. The van der Waals surface area contributed by atoms with E-state index in [-0.39, 0.29) is 0 Å². The number of aliphatic hydroxyl groups excluding tert-OH is 1. The molecule has 1 atom stereocenters. The maximum atomic E-state index is 9.72. The summed E-state index contributed by atoms with van der Waals surface area (Å²) in [7, 11) is 0. The summed E-state index contributed by atoms with van der Waals surface area (Å²) in [6, 6.07) is 12.1. The molecule has 100 valence electrons. The van der Waals surface area contributed by atoms with Gasteiger partial charge in [-0.2, -0.15) is 0 Å². The van der Waals surface area contributed by atoms with Gasteiger partial charge < -0.3 is 15.3 Å². The van der Waals surface area contributed by atoms with Gasteiger partial charge in [-0.15, -0.1) is 0 Å². The van der Waals surface area contributed by atoms with Crippen LogP contribution in [0.4, 0.5) is 0 Å². The zero-order valence-corrected chi connectivity index (χ0v) is 9.93. The summed E-state index contributed by atoms with van der Waals surface area (Å²) in [5, 5.41) is 25.3. The average molecular weight is 263 g/mol. The third-order valence-electron chi connectivity index (χ3n) is 2.17. The molecule has 2 aromatic rings. The minimum atomic E-state index is -1.79. The molecular formula is C13H13NO5. The van der Waals surface area contributed by atoms with Crippen molar-refractivity contribution < 1.29 is 24.9 Å². The minimum absolute atomic E-state index is 0.755. The van der Waals surface area contributed by atoms with Crippen molar-refractivity contribution in [2.45, 2.75) is 12.5 Å². The highest BCUT2D eigenvalue weighted by Crippen LogP contribution is 2.07. The van der Waals surface area contributed by atoms with Gasteiger partial charge in [0.15, 0.2) is 6.10 Å². The third kappa shape index (κ3) is 5.13. The van der Waals surface area contributed by atoms with E-state index in [1.165, 1.54) is 5.39 Å². The summed E-state index contributed by atoms with van der Waals surface area (Å²) in [5.74, 6) is -2.85. The van der Waals surface area contributed by atoms with Crippen molar-refractivity contribution in [1.82, 2.24) is 4.98 Å². The van der Waals surface area contributed by atoms with Gasteiger partial charge in [-0.25, -0.2) is 4.79 Å². The lowest BCUT2D eigenvalue weighted by atomic mass is 10.2. The van der Waals surface area contributed by atoms with Crippen LogP contribution >= 0.6 is 0 Å². The fourth-order valence-electron chi connectivity index (χ4n) is 1.27. The number of carbonyl (C=O) groups is 2. The van der Waals surface area contributed by atoms with Crippen molar-refractivity contribution in [2.24, 2.45) is 0 Å². The molecule has 0 radical (unpaired) electrons. The first-order valence-corrected chi connectivity index (χ1v) is 5.43. The Bertz CT molecular complexity index is 504. The van der Waals surface area contributed by atoms with Crippen LogP contribution in [0.1, 0.15) is 6.42 Å². The molecule has 0 aliphatic carbocycles. The number of aromatic nitrogens is 1. The number of nitrogens with zero attached hydrogens (tertiary/aromatic N) is 1. The summed E-state index contributed by atoms with van der Waals surface area (Å²) in [5.41, 5.74) is 1.06. The van der Waals surface area contributed by atoms with Crippen molar-refractivity contribution in [3.63, 3.8) is 0 Å². The Labute approximate surface area is 109 Å². The van der Waals surface area contributed by atoms with E-state index >= 15 is 0 Å². The van der Waals surface area contributed by atoms with E-state index in [2.05, 4.69) is 17.1 Å². The van der Waals surface area contributed by atoms with Crippen LogP contribution in [0.2, 0.25) is 0 Å². The number of hydrogen-bond donors (Lipinski definition) is 3. The van der Waals surface area contributed by atoms with Crippen LogP contribution in [0.25, 0.3) is 10.9 Å². The zero-order valence-electron chi connectivity index (χ0n) is 9.93. The average Bonchev–Trinajstić information content (AvgIpc) is 2.39. The number of aliphatic carboxylic acids is 2. The summed E-state index contributed by atoms with van der Waals surface area (Å²) >= 11 is 0.